The summed E-state index contributed by atoms with van der Waals surface area (Å²) in [5.74, 6) is 1.41. The number of aliphatic hydroxyl groups excluding tert-OH is 1. The van der Waals surface area contributed by atoms with E-state index in [-0.39, 0.29) is 12.4 Å². The summed E-state index contributed by atoms with van der Waals surface area (Å²) in [5.41, 5.74) is 1.75. The number of para-hydroxylation sites is 1. The number of piperidine rings is 1. The van der Waals surface area contributed by atoms with Crippen molar-refractivity contribution in [1.82, 2.24) is 4.90 Å². The highest BCUT2D eigenvalue weighted by Gasteiger charge is 2.19. The molecule has 0 spiro atoms. The molecule has 1 aliphatic rings. The van der Waals surface area contributed by atoms with Crippen molar-refractivity contribution in [1.29, 1.82) is 0 Å². The first-order valence-corrected chi connectivity index (χ1v) is 10.3. The quantitative estimate of drug-likeness (QED) is 0.668. The molecule has 1 aliphatic heterocycles. The third-order valence-corrected chi connectivity index (χ3v) is 5.45. The molecule has 28 heavy (non-hydrogen) atoms. The highest BCUT2D eigenvalue weighted by molar-refractivity contribution is 5.98. The van der Waals surface area contributed by atoms with Gasteiger partial charge in [-0.05, 0) is 56.0 Å². The number of aliphatic hydroxyl groups is 1. The van der Waals surface area contributed by atoms with Gasteiger partial charge in [-0.15, -0.1) is 0 Å². The van der Waals surface area contributed by atoms with Gasteiger partial charge in [-0.2, -0.15) is 0 Å². The Morgan fingerprint density at radius 1 is 1.11 bits per heavy atom. The topological polar surface area (TPSA) is 49.8 Å². The maximum atomic E-state index is 12.7. The molecule has 1 unspecified atom stereocenters. The van der Waals surface area contributed by atoms with Gasteiger partial charge in [0.15, 0.2) is 5.78 Å². The Hall–Kier alpha value is -2.17. The highest BCUT2D eigenvalue weighted by Crippen LogP contribution is 2.21. The van der Waals surface area contributed by atoms with E-state index in [0.717, 1.165) is 24.6 Å². The van der Waals surface area contributed by atoms with Gasteiger partial charge in [0.05, 0.1) is 5.56 Å². The van der Waals surface area contributed by atoms with Gasteiger partial charge in [-0.1, -0.05) is 49.4 Å². The van der Waals surface area contributed by atoms with Crippen LogP contribution in [0, 0.1) is 5.92 Å². The van der Waals surface area contributed by atoms with Crippen molar-refractivity contribution in [3.63, 3.8) is 0 Å². The lowest BCUT2D eigenvalue weighted by atomic mass is 9.99. The molecule has 2 aromatic carbocycles. The molecule has 0 aromatic heterocycles. The van der Waals surface area contributed by atoms with Crippen LogP contribution in [0.25, 0.3) is 0 Å². The second kappa shape index (κ2) is 10.4. The Balaban J connectivity index is 1.51. The maximum Gasteiger partial charge on any atom is 0.166 e. The van der Waals surface area contributed by atoms with Gasteiger partial charge in [-0.25, -0.2) is 0 Å². The molecule has 1 N–H and O–H groups in total. The third kappa shape index (κ3) is 6.18. The van der Waals surface area contributed by atoms with Crippen LogP contribution in [0.4, 0.5) is 0 Å². The fourth-order valence-corrected chi connectivity index (χ4v) is 3.64. The lowest BCUT2D eigenvalue weighted by molar-refractivity contribution is 0.0558. The second-order valence-corrected chi connectivity index (χ2v) is 7.85. The van der Waals surface area contributed by atoms with Gasteiger partial charge in [-0.3, -0.25) is 4.79 Å². The zero-order valence-corrected chi connectivity index (χ0v) is 16.7. The van der Waals surface area contributed by atoms with Crippen LogP contribution in [0.3, 0.4) is 0 Å². The van der Waals surface area contributed by atoms with Crippen molar-refractivity contribution in [3.05, 3.63) is 65.7 Å². The number of ketones is 1. The molecule has 1 atom stereocenters. The number of ether oxygens (including phenoxy) is 1. The monoisotopic (exact) mass is 381 g/mol. The van der Waals surface area contributed by atoms with E-state index in [9.17, 15) is 9.90 Å². The average molecular weight is 382 g/mol. The van der Waals surface area contributed by atoms with Gasteiger partial charge in [0.25, 0.3) is 0 Å². The fraction of sp³-hybridized carbons (Fsp3) is 0.458. The predicted molar refractivity (Wildman–Crippen MR) is 112 cm³/mol. The summed E-state index contributed by atoms with van der Waals surface area (Å²) in [5, 5.41) is 10.4. The lowest BCUT2D eigenvalue weighted by Gasteiger charge is -2.31. The summed E-state index contributed by atoms with van der Waals surface area (Å²) < 4.78 is 5.84. The molecular formula is C24H31NO3. The van der Waals surface area contributed by atoms with E-state index in [1.54, 1.807) is 6.07 Å². The SMILES string of the molecule is CC1CCN(CC(O)COc2ccccc2C(=O)CCc2ccccc2)CC1. The normalized spacial score (nSPS) is 16.6. The average Bonchev–Trinajstić information content (AvgIpc) is 2.73. The summed E-state index contributed by atoms with van der Waals surface area (Å²) in [7, 11) is 0. The Bertz CT molecular complexity index is 739. The molecule has 1 heterocycles. The molecule has 1 saturated heterocycles. The summed E-state index contributed by atoms with van der Waals surface area (Å²) in [4.78, 5) is 15.0. The summed E-state index contributed by atoms with van der Waals surface area (Å²) in [6.45, 7) is 5.17. The Morgan fingerprint density at radius 2 is 1.79 bits per heavy atom. The van der Waals surface area contributed by atoms with Crippen molar-refractivity contribution >= 4 is 5.78 Å². The van der Waals surface area contributed by atoms with Crippen molar-refractivity contribution in [3.8, 4) is 5.75 Å². The fourth-order valence-electron chi connectivity index (χ4n) is 3.64. The molecule has 0 amide bonds. The maximum absolute atomic E-state index is 12.7. The molecule has 0 aliphatic carbocycles. The molecule has 0 saturated carbocycles. The van der Waals surface area contributed by atoms with Crippen molar-refractivity contribution in [2.45, 2.75) is 38.7 Å². The minimum Gasteiger partial charge on any atom is -0.490 e. The van der Waals surface area contributed by atoms with E-state index in [1.165, 1.54) is 12.8 Å². The van der Waals surface area contributed by atoms with E-state index in [4.69, 9.17) is 4.74 Å². The van der Waals surface area contributed by atoms with Gasteiger partial charge < -0.3 is 14.7 Å². The lowest BCUT2D eigenvalue weighted by Crippen LogP contribution is -2.40. The molecule has 2 aromatic rings. The van der Waals surface area contributed by atoms with Gasteiger partial charge in [0, 0.05) is 13.0 Å². The van der Waals surface area contributed by atoms with E-state index in [1.807, 2.05) is 48.5 Å². The van der Waals surface area contributed by atoms with Gasteiger partial charge in [0.1, 0.15) is 18.5 Å². The zero-order valence-electron chi connectivity index (χ0n) is 16.7. The van der Waals surface area contributed by atoms with E-state index in [0.29, 0.717) is 30.7 Å². The number of benzene rings is 2. The third-order valence-electron chi connectivity index (χ3n) is 5.45. The summed E-state index contributed by atoms with van der Waals surface area (Å²) in [6, 6.07) is 17.4. The number of rotatable bonds is 9. The first-order chi connectivity index (χ1) is 13.6. The number of β-amino-alcohol motifs (C(OH)–C–C–N with tert-alkyl or cyclic N) is 1. The van der Waals surface area contributed by atoms with Crippen LogP contribution in [-0.4, -0.2) is 48.1 Å². The number of carbonyl (C=O) groups is 1. The minimum atomic E-state index is -0.555. The Kier molecular flexibility index (Phi) is 7.63. The molecule has 0 bridgehead atoms. The van der Waals surface area contributed by atoms with E-state index >= 15 is 0 Å². The standard InChI is InChI=1S/C24H31NO3/c1-19-13-15-25(16-14-19)17-21(26)18-28-24-10-6-5-9-22(24)23(27)12-11-20-7-3-2-4-8-20/h2-10,19,21,26H,11-18H2,1H3. The first kappa shape index (κ1) is 20.6. The van der Waals surface area contributed by atoms with Crippen molar-refractivity contribution in [2.24, 2.45) is 5.92 Å². The van der Waals surface area contributed by atoms with Crippen LogP contribution in [0.1, 0.15) is 42.1 Å². The molecular weight excluding hydrogens is 350 g/mol. The molecule has 1 fully saturated rings. The first-order valence-electron chi connectivity index (χ1n) is 10.3. The highest BCUT2D eigenvalue weighted by atomic mass is 16.5. The number of aryl methyl sites for hydroxylation is 1. The molecule has 3 rings (SSSR count). The molecule has 0 radical (unpaired) electrons. The van der Waals surface area contributed by atoms with Crippen LogP contribution in [-0.2, 0) is 6.42 Å². The number of nitrogens with zero attached hydrogens (tertiary/aromatic N) is 1. The smallest absolute Gasteiger partial charge is 0.166 e. The predicted octanol–water partition coefficient (Wildman–Crippen LogP) is 3.97. The number of Topliss-reactive ketones (excluding diaryl/α,β-unsaturated/α-hetero) is 1. The Labute approximate surface area is 168 Å². The number of likely N-dealkylation sites (tertiary alicyclic amines) is 1. The number of hydrogen-bond donors (Lipinski definition) is 1. The second-order valence-electron chi connectivity index (χ2n) is 7.85. The largest absolute Gasteiger partial charge is 0.490 e. The minimum absolute atomic E-state index is 0.0685. The van der Waals surface area contributed by atoms with Crippen molar-refractivity contribution in [2.75, 3.05) is 26.2 Å². The van der Waals surface area contributed by atoms with E-state index in [2.05, 4.69) is 11.8 Å². The van der Waals surface area contributed by atoms with E-state index < -0.39 is 6.10 Å². The van der Waals surface area contributed by atoms with Gasteiger partial charge >= 0.3 is 0 Å². The summed E-state index contributed by atoms with van der Waals surface area (Å²) in [6.07, 6.45) is 2.97. The zero-order chi connectivity index (χ0) is 19.8. The summed E-state index contributed by atoms with van der Waals surface area (Å²) >= 11 is 0. The number of carbonyl (C=O) groups excluding carboxylic acids is 1. The molecule has 150 valence electrons. The van der Waals surface area contributed by atoms with Crippen LogP contribution in [0.5, 0.6) is 5.75 Å². The number of hydrogen-bond acceptors (Lipinski definition) is 4. The Morgan fingerprint density at radius 3 is 2.54 bits per heavy atom. The van der Waals surface area contributed by atoms with Crippen LogP contribution >= 0.6 is 0 Å². The van der Waals surface area contributed by atoms with Crippen molar-refractivity contribution < 1.29 is 14.6 Å². The van der Waals surface area contributed by atoms with Crippen LogP contribution in [0.2, 0.25) is 0 Å². The van der Waals surface area contributed by atoms with Gasteiger partial charge in [0.2, 0.25) is 0 Å². The van der Waals surface area contributed by atoms with Crippen LogP contribution < -0.4 is 4.74 Å². The molecule has 4 nitrogen and oxygen atoms in total. The van der Waals surface area contributed by atoms with Crippen LogP contribution in [0.15, 0.2) is 54.6 Å². The molecule has 4 heteroatoms.